The summed E-state index contributed by atoms with van der Waals surface area (Å²) in [7, 11) is 0. The largest absolute Gasteiger partial charge is 0.491 e. The first-order valence-corrected chi connectivity index (χ1v) is 3.47. The zero-order valence-corrected chi connectivity index (χ0v) is 6.37. The summed E-state index contributed by atoms with van der Waals surface area (Å²) in [6, 6.07) is 4.50. The summed E-state index contributed by atoms with van der Waals surface area (Å²) in [5.74, 6) is 0.539. The molecule has 0 unspecified atom stereocenters. The number of aromatic nitrogens is 1. The van der Waals surface area contributed by atoms with Crippen LogP contribution in [0.2, 0.25) is 0 Å². The minimum Gasteiger partial charge on any atom is -0.491 e. The van der Waals surface area contributed by atoms with Crippen LogP contribution in [-0.2, 0) is 6.61 Å². The molecule has 0 fully saturated rings. The van der Waals surface area contributed by atoms with Gasteiger partial charge in [0.05, 0.1) is 13.2 Å². The lowest BCUT2D eigenvalue weighted by atomic mass is 10.3. The molecular formula is C8H10NO2. The Morgan fingerprint density at radius 3 is 3.18 bits per heavy atom. The van der Waals surface area contributed by atoms with Crippen LogP contribution in [0.5, 0.6) is 5.75 Å². The monoisotopic (exact) mass is 152 g/mol. The Balaban J connectivity index is 2.83. The van der Waals surface area contributed by atoms with Crippen molar-refractivity contribution in [3.05, 3.63) is 24.0 Å². The molecule has 1 heterocycles. The van der Waals surface area contributed by atoms with Crippen molar-refractivity contribution in [2.24, 2.45) is 0 Å². The Labute approximate surface area is 65.7 Å². The zero-order valence-electron chi connectivity index (χ0n) is 6.37. The van der Waals surface area contributed by atoms with Crippen molar-refractivity contribution in [1.82, 2.24) is 4.98 Å². The van der Waals surface area contributed by atoms with E-state index in [-0.39, 0.29) is 6.61 Å². The van der Waals surface area contributed by atoms with Gasteiger partial charge in [0, 0.05) is 12.3 Å². The van der Waals surface area contributed by atoms with Crippen LogP contribution in [0.15, 0.2) is 12.3 Å². The number of aliphatic hydroxyl groups excluding tert-OH is 1. The molecule has 1 N–H and O–H groups in total. The summed E-state index contributed by atoms with van der Waals surface area (Å²) in [6.07, 6.45) is 1.58. The van der Waals surface area contributed by atoms with Crippen LogP contribution in [-0.4, -0.2) is 16.7 Å². The van der Waals surface area contributed by atoms with E-state index in [0.29, 0.717) is 18.1 Å². The van der Waals surface area contributed by atoms with Gasteiger partial charge in [-0.15, -0.1) is 0 Å². The number of rotatable bonds is 3. The van der Waals surface area contributed by atoms with Crippen molar-refractivity contribution in [3.8, 4) is 5.75 Å². The maximum absolute atomic E-state index is 8.78. The molecule has 1 rings (SSSR count). The Kier molecular flexibility index (Phi) is 2.86. The van der Waals surface area contributed by atoms with E-state index in [0.717, 1.165) is 0 Å². The molecule has 0 aromatic carbocycles. The minimum atomic E-state index is -0.104. The van der Waals surface area contributed by atoms with Gasteiger partial charge in [0.25, 0.3) is 0 Å². The van der Waals surface area contributed by atoms with Crippen LogP contribution < -0.4 is 4.74 Å². The summed E-state index contributed by atoms with van der Waals surface area (Å²) in [5.41, 5.74) is 0.536. The van der Waals surface area contributed by atoms with Gasteiger partial charge in [0.1, 0.15) is 5.69 Å². The first-order chi connectivity index (χ1) is 5.38. The average molecular weight is 152 g/mol. The summed E-state index contributed by atoms with van der Waals surface area (Å²) < 4.78 is 5.15. The molecule has 0 aliphatic carbocycles. The molecule has 1 aromatic rings. The van der Waals surface area contributed by atoms with E-state index in [1.807, 2.05) is 6.92 Å². The summed E-state index contributed by atoms with van der Waals surface area (Å²) in [5, 5.41) is 8.78. The van der Waals surface area contributed by atoms with Gasteiger partial charge in [-0.25, -0.2) is 0 Å². The van der Waals surface area contributed by atoms with Gasteiger partial charge in [0.15, 0.2) is 5.75 Å². The second-order valence-electron chi connectivity index (χ2n) is 1.96. The molecule has 0 saturated heterocycles. The SMILES string of the molecule is CCOc1[c]ccnc1CO. The number of nitrogens with zero attached hydrogens (tertiary/aromatic N) is 1. The highest BCUT2D eigenvalue weighted by atomic mass is 16.5. The van der Waals surface area contributed by atoms with Crippen LogP contribution in [0.4, 0.5) is 0 Å². The summed E-state index contributed by atoms with van der Waals surface area (Å²) in [4.78, 5) is 3.91. The fourth-order valence-corrected chi connectivity index (χ4v) is 0.764. The number of aliphatic hydroxyl groups is 1. The predicted molar refractivity (Wildman–Crippen MR) is 40.2 cm³/mol. The second-order valence-corrected chi connectivity index (χ2v) is 1.96. The van der Waals surface area contributed by atoms with Crippen molar-refractivity contribution in [2.75, 3.05) is 6.61 Å². The molecule has 0 atom stereocenters. The van der Waals surface area contributed by atoms with Gasteiger partial charge >= 0.3 is 0 Å². The van der Waals surface area contributed by atoms with E-state index in [1.165, 1.54) is 0 Å². The van der Waals surface area contributed by atoms with Crippen LogP contribution in [0.3, 0.4) is 0 Å². The van der Waals surface area contributed by atoms with E-state index in [2.05, 4.69) is 11.1 Å². The molecule has 3 heteroatoms. The lowest BCUT2D eigenvalue weighted by molar-refractivity contribution is 0.261. The molecule has 11 heavy (non-hydrogen) atoms. The van der Waals surface area contributed by atoms with Gasteiger partial charge in [-0.3, -0.25) is 4.98 Å². The number of ether oxygens (including phenoxy) is 1. The highest BCUT2D eigenvalue weighted by Gasteiger charge is 2.00. The molecule has 0 amide bonds. The molecule has 3 nitrogen and oxygen atoms in total. The topological polar surface area (TPSA) is 42.4 Å². The van der Waals surface area contributed by atoms with E-state index >= 15 is 0 Å². The normalized spacial score (nSPS) is 9.64. The Hall–Kier alpha value is -1.09. The van der Waals surface area contributed by atoms with Gasteiger partial charge in [-0.05, 0) is 13.0 Å². The Morgan fingerprint density at radius 1 is 1.73 bits per heavy atom. The summed E-state index contributed by atoms with van der Waals surface area (Å²) >= 11 is 0. The number of hydrogen-bond donors (Lipinski definition) is 1. The molecule has 0 saturated carbocycles. The maximum atomic E-state index is 8.78. The first kappa shape index (κ1) is 8.01. The van der Waals surface area contributed by atoms with Crippen molar-refractivity contribution in [2.45, 2.75) is 13.5 Å². The van der Waals surface area contributed by atoms with Crippen molar-refractivity contribution >= 4 is 0 Å². The standard InChI is InChI=1S/C8H10NO2/c1-2-11-8-4-3-5-9-7(8)6-10/h3,5,10H,2,6H2,1H3. The van der Waals surface area contributed by atoms with Gasteiger partial charge < -0.3 is 9.84 Å². The molecular weight excluding hydrogens is 142 g/mol. The molecule has 0 bridgehead atoms. The number of hydrogen-bond acceptors (Lipinski definition) is 3. The summed E-state index contributed by atoms with van der Waals surface area (Å²) in [6.45, 7) is 2.34. The van der Waals surface area contributed by atoms with E-state index in [4.69, 9.17) is 9.84 Å². The lowest BCUT2D eigenvalue weighted by Gasteiger charge is -2.04. The first-order valence-electron chi connectivity index (χ1n) is 3.47. The quantitative estimate of drug-likeness (QED) is 0.695. The van der Waals surface area contributed by atoms with E-state index in [1.54, 1.807) is 12.3 Å². The lowest BCUT2D eigenvalue weighted by Crippen LogP contribution is -1.98. The molecule has 1 aromatic heterocycles. The fourth-order valence-electron chi connectivity index (χ4n) is 0.764. The molecule has 1 radical (unpaired) electrons. The third-order valence-corrected chi connectivity index (χ3v) is 1.22. The minimum absolute atomic E-state index is 0.104. The van der Waals surface area contributed by atoms with Crippen molar-refractivity contribution in [1.29, 1.82) is 0 Å². The molecule has 0 aliphatic heterocycles. The van der Waals surface area contributed by atoms with E-state index < -0.39 is 0 Å². The van der Waals surface area contributed by atoms with Gasteiger partial charge in [-0.1, -0.05) is 0 Å². The maximum Gasteiger partial charge on any atom is 0.151 e. The smallest absolute Gasteiger partial charge is 0.151 e. The highest BCUT2D eigenvalue weighted by molar-refractivity contribution is 5.24. The van der Waals surface area contributed by atoms with Crippen molar-refractivity contribution in [3.63, 3.8) is 0 Å². The van der Waals surface area contributed by atoms with Crippen LogP contribution in [0.1, 0.15) is 12.6 Å². The molecule has 59 valence electrons. The second kappa shape index (κ2) is 3.93. The van der Waals surface area contributed by atoms with E-state index in [9.17, 15) is 0 Å². The fraction of sp³-hybridized carbons (Fsp3) is 0.375. The highest BCUT2D eigenvalue weighted by Crippen LogP contribution is 2.13. The predicted octanol–water partition coefficient (Wildman–Crippen LogP) is 0.773. The van der Waals surface area contributed by atoms with Crippen LogP contribution in [0, 0.1) is 6.07 Å². The Morgan fingerprint density at radius 2 is 2.55 bits per heavy atom. The third kappa shape index (κ3) is 1.91. The van der Waals surface area contributed by atoms with Crippen LogP contribution in [0.25, 0.3) is 0 Å². The zero-order chi connectivity index (χ0) is 8.10. The number of pyridine rings is 1. The average Bonchev–Trinajstić information content (AvgIpc) is 2.06. The Bertz CT molecular complexity index is 225. The van der Waals surface area contributed by atoms with Gasteiger partial charge in [0.2, 0.25) is 0 Å². The molecule has 0 aliphatic rings. The molecule has 0 spiro atoms. The third-order valence-electron chi connectivity index (χ3n) is 1.22. The van der Waals surface area contributed by atoms with Crippen LogP contribution >= 0.6 is 0 Å². The van der Waals surface area contributed by atoms with Crippen molar-refractivity contribution < 1.29 is 9.84 Å². The van der Waals surface area contributed by atoms with Gasteiger partial charge in [-0.2, -0.15) is 0 Å².